The first-order valence-corrected chi connectivity index (χ1v) is 9.33. The summed E-state index contributed by atoms with van der Waals surface area (Å²) in [5, 5.41) is 5.77. The molecule has 2 aliphatic rings. The maximum absolute atomic E-state index is 12.8. The molecule has 1 saturated heterocycles. The standard InChI is InChI=1S/C20H27N3O3/c1-12(2)15-9-7-8-13(3)16(15)21-17(24)14(4)23-18(25)20(22-19(23)26)10-5-6-11-20/h7-9,12,14H,5-6,10-11H2,1-4H3,(H,21,24)(H,22,26). The predicted molar refractivity (Wildman–Crippen MR) is 99.9 cm³/mol. The van der Waals surface area contributed by atoms with E-state index in [0.29, 0.717) is 12.8 Å². The van der Waals surface area contributed by atoms with E-state index in [0.717, 1.165) is 34.6 Å². The Morgan fingerprint density at radius 1 is 1.19 bits per heavy atom. The molecule has 1 aromatic rings. The van der Waals surface area contributed by atoms with E-state index in [1.807, 2.05) is 25.1 Å². The minimum Gasteiger partial charge on any atom is -0.324 e. The maximum atomic E-state index is 12.8. The highest BCUT2D eigenvalue weighted by Crippen LogP contribution is 2.36. The number of para-hydroxylation sites is 1. The molecular weight excluding hydrogens is 330 g/mol. The molecule has 26 heavy (non-hydrogen) atoms. The summed E-state index contributed by atoms with van der Waals surface area (Å²) in [6.07, 6.45) is 3.14. The van der Waals surface area contributed by atoms with Gasteiger partial charge in [-0.2, -0.15) is 0 Å². The number of carbonyl (C=O) groups is 3. The Morgan fingerprint density at radius 3 is 2.46 bits per heavy atom. The van der Waals surface area contributed by atoms with Crippen molar-refractivity contribution in [1.29, 1.82) is 0 Å². The molecule has 0 bridgehead atoms. The number of hydrogen-bond donors (Lipinski definition) is 2. The van der Waals surface area contributed by atoms with E-state index < -0.39 is 17.6 Å². The van der Waals surface area contributed by atoms with Crippen molar-refractivity contribution in [2.75, 3.05) is 5.32 Å². The minimum atomic E-state index is -0.859. The van der Waals surface area contributed by atoms with Gasteiger partial charge in [-0.1, -0.05) is 44.9 Å². The van der Waals surface area contributed by atoms with Gasteiger partial charge in [0.25, 0.3) is 5.91 Å². The lowest BCUT2D eigenvalue weighted by atomic mass is 9.97. The lowest BCUT2D eigenvalue weighted by Crippen LogP contribution is -2.48. The number of rotatable bonds is 4. The van der Waals surface area contributed by atoms with Gasteiger partial charge in [0.15, 0.2) is 0 Å². The van der Waals surface area contributed by atoms with E-state index in [4.69, 9.17) is 0 Å². The van der Waals surface area contributed by atoms with Crippen LogP contribution >= 0.6 is 0 Å². The van der Waals surface area contributed by atoms with Crippen molar-refractivity contribution in [2.45, 2.75) is 70.9 Å². The summed E-state index contributed by atoms with van der Waals surface area (Å²) in [4.78, 5) is 39.2. The van der Waals surface area contributed by atoms with E-state index in [-0.39, 0.29) is 17.7 Å². The van der Waals surface area contributed by atoms with Crippen LogP contribution in [0.4, 0.5) is 10.5 Å². The van der Waals surface area contributed by atoms with Gasteiger partial charge in [-0.05, 0) is 43.7 Å². The van der Waals surface area contributed by atoms with Crippen molar-refractivity contribution >= 4 is 23.5 Å². The normalized spacial score (nSPS) is 20.0. The zero-order chi connectivity index (χ0) is 19.1. The van der Waals surface area contributed by atoms with Crippen LogP contribution in [0.1, 0.15) is 63.5 Å². The van der Waals surface area contributed by atoms with Crippen LogP contribution in [-0.4, -0.2) is 34.3 Å². The number of aryl methyl sites for hydroxylation is 1. The third kappa shape index (κ3) is 2.97. The monoisotopic (exact) mass is 357 g/mol. The van der Waals surface area contributed by atoms with Crippen molar-refractivity contribution in [3.05, 3.63) is 29.3 Å². The molecule has 140 valence electrons. The SMILES string of the molecule is Cc1cccc(C(C)C)c1NC(=O)C(C)N1C(=O)NC2(CCCC2)C1=O. The highest BCUT2D eigenvalue weighted by Gasteiger charge is 2.54. The quantitative estimate of drug-likeness (QED) is 0.812. The summed E-state index contributed by atoms with van der Waals surface area (Å²) in [6.45, 7) is 7.67. The molecule has 3 rings (SSSR count). The van der Waals surface area contributed by atoms with E-state index in [1.54, 1.807) is 6.92 Å². The Morgan fingerprint density at radius 2 is 1.85 bits per heavy atom. The van der Waals surface area contributed by atoms with E-state index in [1.165, 1.54) is 0 Å². The molecule has 2 N–H and O–H groups in total. The van der Waals surface area contributed by atoms with Gasteiger partial charge in [-0.3, -0.25) is 9.59 Å². The van der Waals surface area contributed by atoms with E-state index >= 15 is 0 Å². The largest absolute Gasteiger partial charge is 0.325 e. The molecule has 1 aromatic carbocycles. The number of amides is 4. The summed E-state index contributed by atoms with van der Waals surface area (Å²) < 4.78 is 0. The number of nitrogens with zero attached hydrogens (tertiary/aromatic N) is 1. The number of imide groups is 1. The van der Waals surface area contributed by atoms with Gasteiger partial charge in [0, 0.05) is 5.69 Å². The number of hydrogen-bond acceptors (Lipinski definition) is 3. The van der Waals surface area contributed by atoms with Crippen molar-refractivity contribution in [2.24, 2.45) is 0 Å². The molecule has 4 amide bonds. The van der Waals surface area contributed by atoms with Crippen LogP contribution in [-0.2, 0) is 9.59 Å². The van der Waals surface area contributed by atoms with Crippen molar-refractivity contribution < 1.29 is 14.4 Å². The Kier molecular flexibility index (Phi) is 4.78. The zero-order valence-electron chi connectivity index (χ0n) is 15.9. The predicted octanol–water partition coefficient (Wildman–Crippen LogP) is 3.31. The van der Waals surface area contributed by atoms with Gasteiger partial charge in [0.2, 0.25) is 5.91 Å². The molecule has 6 heteroatoms. The lowest BCUT2D eigenvalue weighted by molar-refractivity contribution is -0.136. The Bertz CT molecular complexity index is 751. The third-order valence-electron chi connectivity index (χ3n) is 5.59. The lowest BCUT2D eigenvalue weighted by Gasteiger charge is -2.24. The molecular formula is C20H27N3O3. The van der Waals surface area contributed by atoms with E-state index in [9.17, 15) is 14.4 Å². The first-order chi connectivity index (χ1) is 12.3. The summed E-state index contributed by atoms with van der Waals surface area (Å²) in [6, 6.07) is 4.56. The fourth-order valence-electron chi connectivity index (χ4n) is 4.00. The van der Waals surface area contributed by atoms with Crippen LogP contribution in [0.2, 0.25) is 0 Å². The van der Waals surface area contributed by atoms with Crippen molar-refractivity contribution in [1.82, 2.24) is 10.2 Å². The van der Waals surface area contributed by atoms with Crippen LogP contribution in [0, 0.1) is 6.92 Å². The Labute approximate surface area is 154 Å². The van der Waals surface area contributed by atoms with Crippen LogP contribution < -0.4 is 10.6 Å². The Balaban J connectivity index is 1.81. The first-order valence-electron chi connectivity index (χ1n) is 9.33. The smallest absolute Gasteiger partial charge is 0.324 e. The zero-order valence-corrected chi connectivity index (χ0v) is 15.9. The second-order valence-electron chi connectivity index (χ2n) is 7.75. The fourth-order valence-corrected chi connectivity index (χ4v) is 4.00. The van der Waals surface area contributed by atoms with Gasteiger partial charge >= 0.3 is 6.03 Å². The molecule has 1 unspecified atom stereocenters. The number of nitrogens with one attached hydrogen (secondary N) is 2. The van der Waals surface area contributed by atoms with Gasteiger partial charge in [0.05, 0.1) is 0 Å². The topological polar surface area (TPSA) is 78.5 Å². The van der Waals surface area contributed by atoms with Crippen LogP contribution in [0.15, 0.2) is 18.2 Å². The minimum absolute atomic E-state index is 0.249. The average Bonchev–Trinajstić information content (AvgIpc) is 3.14. The third-order valence-corrected chi connectivity index (χ3v) is 5.59. The molecule has 2 fully saturated rings. The molecule has 1 heterocycles. The molecule has 0 radical (unpaired) electrons. The maximum Gasteiger partial charge on any atom is 0.325 e. The molecule has 1 spiro atoms. The summed E-state index contributed by atoms with van der Waals surface area (Å²) in [5.41, 5.74) is 1.97. The Hall–Kier alpha value is -2.37. The second kappa shape index (κ2) is 6.74. The van der Waals surface area contributed by atoms with Gasteiger partial charge < -0.3 is 10.6 Å². The number of benzene rings is 1. The van der Waals surface area contributed by atoms with Crippen LogP contribution in [0.3, 0.4) is 0 Å². The molecule has 6 nitrogen and oxygen atoms in total. The molecule has 0 aromatic heterocycles. The highest BCUT2D eigenvalue weighted by atomic mass is 16.2. The molecule has 1 atom stereocenters. The van der Waals surface area contributed by atoms with Crippen molar-refractivity contribution in [3.8, 4) is 0 Å². The molecule has 1 aliphatic heterocycles. The number of anilines is 1. The highest BCUT2D eigenvalue weighted by molar-refractivity contribution is 6.11. The summed E-state index contributed by atoms with van der Waals surface area (Å²) in [5.74, 6) is -0.366. The van der Waals surface area contributed by atoms with Crippen LogP contribution in [0.25, 0.3) is 0 Å². The van der Waals surface area contributed by atoms with Crippen molar-refractivity contribution in [3.63, 3.8) is 0 Å². The summed E-state index contributed by atoms with van der Waals surface area (Å²) >= 11 is 0. The first kappa shape index (κ1) is 18.4. The van der Waals surface area contributed by atoms with Gasteiger partial charge in [-0.25, -0.2) is 9.69 Å². The molecule has 1 saturated carbocycles. The average molecular weight is 357 g/mol. The fraction of sp³-hybridized carbons (Fsp3) is 0.550. The number of urea groups is 1. The summed E-state index contributed by atoms with van der Waals surface area (Å²) in [7, 11) is 0. The number of carbonyl (C=O) groups excluding carboxylic acids is 3. The van der Waals surface area contributed by atoms with Gasteiger partial charge in [0.1, 0.15) is 11.6 Å². The molecule has 1 aliphatic carbocycles. The van der Waals surface area contributed by atoms with Crippen LogP contribution in [0.5, 0.6) is 0 Å². The van der Waals surface area contributed by atoms with Gasteiger partial charge in [-0.15, -0.1) is 0 Å². The van der Waals surface area contributed by atoms with E-state index in [2.05, 4.69) is 24.5 Å². The second-order valence-corrected chi connectivity index (χ2v) is 7.75.